The molecule has 0 amide bonds. The Kier molecular flexibility index (Phi) is 9.82. The van der Waals surface area contributed by atoms with Gasteiger partial charge in [0, 0.05) is 37.8 Å². The molecule has 2 unspecified atom stereocenters. The first kappa shape index (κ1) is 25.8. The molecule has 0 saturated carbocycles. The lowest BCUT2D eigenvalue weighted by atomic mass is 9.88. The Bertz CT molecular complexity index is 862. The Morgan fingerprint density at radius 2 is 1.79 bits per heavy atom. The average Bonchev–Trinajstić information content (AvgIpc) is 3.25. The van der Waals surface area contributed by atoms with Gasteiger partial charge in [0.1, 0.15) is 11.9 Å². The molecule has 33 heavy (non-hydrogen) atoms. The molecule has 0 radical (unpaired) electrons. The number of guanidine groups is 1. The molecule has 2 atom stereocenters. The number of fused-ring (bicyclic) bond motifs is 1. The van der Waals surface area contributed by atoms with Crippen LogP contribution in [0, 0.1) is 0 Å². The van der Waals surface area contributed by atoms with E-state index in [1.54, 1.807) is 0 Å². The zero-order valence-corrected chi connectivity index (χ0v) is 22.0. The summed E-state index contributed by atoms with van der Waals surface area (Å²) in [6.45, 7) is 8.11. The summed E-state index contributed by atoms with van der Waals surface area (Å²) < 4.78 is 11.8. The van der Waals surface area contributed by atoms with Crippen molar-refractivity contribution in [1.82, 2.24) is 16.0 Å². The van der Waals surface area contributed by atoms with E-state index in [1.807, 2.05) is 12.1 Å². The molecule has 2 heterocycles. The molecule has 180 valence electrons. The third-order valence-electron chi connectivity index (χ3n) is 6.37. The highest BCUT2D eigenvalue weighted by molar-refractivity contribution is 14.0. The van der Waals surface area contributed by atoms with Gasteiger partial charge in [0.15, 0.2) is 5.96 Å². The molecule has 0 spiro atoms. The highest BCUT2D eigenvalue weighted by atomic mass is 127. The number of halogens is 1. The fourth-order valence-electron chi connectivity index (χ4n) is 4.54. The summed E-state index contributed by atoms with van der Waals surface area (Å²) in [6, 6.07) is 19.1. The fourth-order valence-corrected chi connectivity index (χ4v) is 4.54. The van der Waals surface area contributed by atoms with Gasteiger partial charge in [0.2, 0.25) is 0 Å². The number of nitrogens with one attached hydrogen (secondary N) is 3. The van der Waals surface area contributed by atoms with Crippen molar-refractivity contribution in [2.45, 2.75) is 50.8 Å². The van der Waals surface area contributed by atoms with Crippen molar-refractivity contribution < 1.29 is 9.47 Å². The molecule has 7 heteroatoms. The minimum absolute atomic E-state index is 0. The van der Waals surface area contributed by atoms with E-state index in [0.29, 0.717) is 6.54 Å². The number of hydrogen-bond acceptors (Lipinski definition) is 4. The predicted molar refractivity (Wildman–Crippen MR) is 145 cm³/mol. The zero-order chi connectivity index (χ0) is 22.2. The number of benzene rings is 2. The molecule has 1 fully saturated rings. The molecular formula is C26H37IN4O2. The van der Waals surface area contributed by atoms with Gasteiger partial charge < -0.3 is 25.4 Å². The number of aliphatic imine (C=N–C) groups is 1. The van der Waals surface area contributed by atoms with Crippen LogP contribution in [0.3, 0.4) is 0 Å². The fraction of sp³-hybridized carbons (Fsp3) is 0.500. The summed E-state index contributed by atoms with van der Waals surface area (Å²) in [5, 5.41) is 10.8. The summed E-state index contributed by atoms with van der Waals surface area (Å²) in [4.78, 5) is 4.99. The van der Waals surface area contributed by atoms with Gasteiger partial charge in [-0.05, 0) is 43.9 Å². The molecule has 2 aliphatic heterocycles. The van der Waals surface area contributed by atoms with Crippen LogP contribution >= 0.6 is 24.0 Å². The lowest BCUT2D eigenvalue weighted by Crippen LogP contribution is -2.53. The molecule has 1 saturated heterocycles. The molecule has 3 N–H and O–H groups in total. The second-order valence-electron chi connectivity index (χ2n) is 8.80. The third kappa shape index (κ3) is 7.07. The Hall–Kier alpha value is -1.84. The van der Waals surface area contributed by atoms with Crippen LogP contribution < -0.4 is 20.7 Å². The summed E-state index contributed by atoms with van der Waals surface area (Å²) in [7, 11) is 0. The monoisotopic (exact) mass is 564 g/mol. The van der Waals surface area contributed by atoms with Crippen LogP contribution in [0.5, 0.6) is 5.75 Å². The van der Waals surface area contributed by atoms with E-state index < -0.39 is 0 Å². The van der Waals surface area contributed by atoms with Crippen molar-refractivity contribution >= 4 is 29.9 Å². The molecule has 0 bridgehead atoms. The van der Waals surface area contributed by atoms with E-state index in [2.05, 4.69) is 72.3 Å². The van der Waals surface area contributed by atoms with Crippen molar-refractivity contribution in [3.05, 3.63) is 65.7 Å². The zero-order valence-electron chi connectivity index (χ0n) is 19.7. The van der Waals surface area contributed by atoms with Crippen molar-refractivity contribution in [1.29, 1.82) is 0 Å². The average molecular weight is 565 g/mol. The third-order valence-corrected chi connectivity index (χ3v) is 6.37. The van der Waals surface area contributed by atoms with Crippen molar-refractivity contribution in [3.63, 3.8) is 0 Å². The largest absolute Gasteiger partial charge is 0.488 e. The Balaban J connectivity index is 0.00000306. The quantitative estimate of drug-likeness (QED) is 0.257. The molecule has 0 aromatic heterocycles. The van der Waals surface area contributed by atoms with Gasteiger partial charge in [-0.2, -0.15) is 0 Å². The van der Waals surface area contributed by atoms with Crippen molar-refractivity contribution in [2.75, 3.05) is 32.8 Å². The van der Waals surface area contributed by atoms with E-state index >= 15 is 0 Å². The van der Waals surface area contributed by atoms with Gasteiger partial charge in [0.05, 0.1) is 13.1 Å². The van der Waals surface area contributed by atoms with E-state index in [-0.39, 0.29) is 41.7 Å². The number of para-hydroxylation sites is 1. The van der Waals surface area contributed by atoms with Crippen molar-refractivity contribution in [2.24, 2.45) is 4.99 Å². The molecule has 2 aromatic carbocycles. The summed E-state index contributed by atoms with van der Waals surface area (Å²) >= 11 is 0. The Labute approximate surface area is 215 Å². The van der Waals surface area contributed by atoms with Crippen LogP contribution in [-0.2, 0) is 11.2 Å². The lowest BCUT2D eigenvalue weighted by molar-refractivity contribution is 0.0374. The number of nitrogens with zero attached hydrogens (tertiary/aromatic N) is 1. The highest BCUT2D eigenvalue weighted by Gasteiger charge is 2.34. The number of rotatable bonds is 8. The van der Waals surface area contributed by atoms with E-state index in [0.717, 1.165) is 57.3 Å². The predicted octanol–water partition coefficient (Wildman–Crippen LogP) is 4.06. The van der Waals surface area contributed by atoms with Crippen LogP contribution in [-0.4, -0.2) is 50.5 Å². The summed E-state index contributed by atoms with van der Waals surface area (Å²) in [6.07, 6.45) is 2.96. The first-order chi connectivity index (χ1) is 15.7. The molecule has 2 aromatic rings. The van der Waals surface area contributed by atoms with Gasteiger partial charge in [-0.15, -0.1) is 24.0 Å². The molecule has 4 rings (SSSR count). The van der Waals surface area contributed by atoms with Crippen LogP contribution in [0.15, 0.2) is 59.6 Å². The Morgan fingerprint density at radius 1 is 1.06 bits per heavy atom. The number of hydrogen-bond donors (Lipinski definition) is 3. The Morgan fingerprint density at radius 3 is 2.52 bits per heavy atom. The van der Waals surface area contributed by atoms with Gasteiger partial charge in [-0.3, -0.25) is 4.99 Å². The molecule has 2 aliphatic rings. The minimum Gasteiger partial charge on any atom is -0.488 e. The standard InChI is InChI=1S/C26H36N4O2.HI/c1-3-27-25(28-18-23-17-22-11-7-8-12-24(22)32-23)29-19-26(13-15-31-16-14-26)30-20(2)21-9-5-4-6-10-21;/h4-12,20,23,30H,3,13-19H2,1-2H3,(H2,27,28,29);1H. The SMILES string of the molecule is CCNC(=NCC1(NC(C)c2ccccc2)CCOCC1)NCC1Cc2ccccc2O1.I. The second-order valence-corrected chi connectivity index (χ2v) is 8.80. The maximum atomic E-state index is 6.08. The smallest absolute Gasteiger partial charge is 0.191 e. The maximum Gasteiger partial charge on any atom is 0.191 e. The van der Waals surface area contributed by atoms with Crippen molar-refractivity contribution in [3.8, 4) is 5.75 Å². The van der Waals surface area contributed by atoms with Crippen LogP contribution in [0.25, 0.3) is 0 Å². The summed E-state index contributed by atoms with van der Waals surface area (Å²) in [5.41, 5.74) is 2.50. The normalized spacial score (nSPS) is 20.2. The van der Waals surface area contributed by atoms with E-state index in [4.69, 9.17) is 14.5 Å². The topological polar surface area (TPSA) is 66.9 Å². The molecular weight excluding hydrogens is 527 g/mol. The summed E-state index contributed by atoms with van der Waals surface area (Å²) in [5.74, 6) is 1.84. The van der Waals surface area contributed by atoms with E-state index in [9.17, 15) is 0 Å². The lowest BCUT2D eigenvalue weighted by Gasteiger charge is -2.39. The minimum atomic E-state index is -0.0735. The van der Waals surface area contributed by atoms with Crippen LogP contribution in [0.4, 0.5) is 0 Å². The molecule has 6 nitrogen and oxygen atoms in total. The maximum absolute atomic E-state index is 6.08. The number of ether oxygens (including phenoxy) is 2. The second kappa shape index (κ2) is 12.6. The van der Waals surface area contributed by atoms with Gasteiger partial charge in [0.25, 0.3) is 0 Å². The highest BCUT2D eigenvalue weighted by Crippen LogP contribution is 2.28. The van der Waals surface area contributed by atoms with Crippen LogP contribution in [0.2, 0.25) is 0 Å². The van der Waals surface area contributed by atoms with E-state index in [1.165, 1.54) is 11.1 Å². The van der Waals surface area contributed by atoms with Crippen LogP contribution in [0.1, 0.15) is 43.9 Å². The van der Waals surface area contributed by atoms with Gasteiger partial charge in [-0.25, -0.2) is 0 Å². The molecule has 0 aliphatic carbocycles. The first-order valence-corrected chi connectivity index (χ1v) is 11.8. The van der Waals surface area contributed by atoms with Gasteiger partial charge >= 0.3 is 0 Å². The van der Waals surface area contributed by atoms with Gasteiger partial charge in [-0.1, -0.05) is 48.5 Å². The first-order valence-electron chi connectivity index (χ1n) is 11.8.